The van der Waals surface area contributed by atoms with Gasteiger partial charge < -0.3 is 9.53 Å². The Kier molecular flexibility index (Phi) is 8.49. The maximum absolute atomic E-state index is 13.9. The molecule has 1 aliphatic carbocycles. The van der Waals surface area contributed by atoms with E-state index in [1.54, 1.807) is 24.3 Å². The highest BCUT2D eigenvalue weighted by atomic mass is 32.2. The molecule has 36 heavy (non-hydrogen) atoms. The summed E-state index contributed by atoms with van der Waals surface area (Å²) in [5.41, 5.74) is 0.0562. The van der Waals surface area contributed by atoms with Crippen LogP contribution in [0.5, 0.6) is 0 Å². The van der Waals surface area contributed by atoms with E-state index in [0.717, 1.165) is 11.1 Å². The average molecular weight is 536 g/mol. The highest BCUT2D eigenvalue weighted by molar-refractivity contribution is 7.89. The maximum Gasteiger partial charge on any atom is 0.325 e. The summed E-state index contributed by atoms with van der Waals surface area (Å²) in [6.07, 6.45) is 2.33. The third-order valence-corrected chi connectivity index (χ3v) is 14.2. The van der Waals surface area contributed by atoms with Gasteiger partial charge in [0, 0.05) is 13.2 Å². The van der Waals surface area contributed by atoms with Crippen LogP contribution in [0, 0.1) is 5.82 Å². The summed E-state index contributed by atoms with van der Waals surface area (Å²) >= 11 is 0. The van der Waals surface area contributed by atoms with Gasteiger partial charge in [0.05, 0.1) is 4.90 Å². The van der Waals surface area contributed by atoms with Gasteiger partial charge in [0.1, 0.15) is 11.4 Å². The normalized spacial score (nSPS) is 16.4. The van der Waals surface area contributed by atoms with Gasteiger partial charge in [-0.1, -0.05) is 57.9 Å². The lowest BCUT2D eigenvalue weighted by atomic mass is 9.97. The number of sulfonamides is 1. The molecule has 0 saturated heterocycles. The zero-order valence-corrected chi connectivity index (χ0v) is 23.7. The smallest absolute Gasteiger partial charge is 0.325 e. The lowest BCUT2D eigenvalue weighted by Crippen LogP contribution is -2.55. The largest absolute Gasteiger partial charge is 0.480 e. The number of benzene rings is 2. The number of carbonyl (C=O) groups is 1. The van der Waals surface area contributed by atoms with E-state index in [1.807, 2.05) is 0 Å². The van der Waals surface area contributed by atoms with Gasteiger partial charge in [-0.2, -0.15) is 4.31 Å². The van der Waals surface area contributed by atoms with Crippen molar-refractivity contribution in [2.75, 3.05) is 13.2 Å². The maximum atomic E-state index is 13.9. The van der Waals surface area contributed by atoms with Crippen molar-refractivity contribution in [2.24, 2.45) is 0 Å². The molecule has 0 aliphatic heterocycles. The highest BCUT2D eigenvalue weighted by Crippen LogP contribution is 2.40. The fraction of sp³-hybridized carbons (Fsp3) is 0.519. The molecular weight excluding hydrogens is 497 g/mol. The van der Waals surface area contributed by atoms with Crippen LogP contribution >= 0.6 is 0 Å². The lowest BCUT2D eigenvalue weighted by molar-refractivity contribution is -0.148. The number of halogens is 1. The van der Waals surface area contributed by atoms with Crippen molar-refractivity contribution in [3.05, 3.63) is 54.3 Å². The summed E-state index contributed by atoms with van der Waals surface area (Å²) in [5, 5.41) is 10.2. The number of rotatable bonds is 10. The molecule has 2 aromatic carbocycles. The highest BCUT2D eigenvalue weighted by Gasteiger charge is 2.51. The van der Waals surface area contributed by atoms with Crippen LogP contribution in [-0.2, 0) is 19.2 Å². The molecule has 9 heteroatoms. The average Bonchev–Trinajstić information content (AvgIpc) is 3.29. The van der Waals surface area contributed by atoms with Crippen molar-refractivity contribution in [1.29, 1.82) is 0 Å². The molecule has 0 heterocycles. The second-order valence-electron chi connectivity index (χ2n) is 11.1. The van der Waals surface area contributed by atoms with E-state index in [4.69, 9.17) is 4.43 Å². The zero-order valence-electron chi connectivity index (χ0n) is 21.9. The molecule has 0 radical (unpaired) electrons. The van der Waals surface area contributed by atoms with E-state index in [2.05, 4.69) is 33.9 Å². The predicted octanol–water partition coefficient (Wildman–Crippen LogP) is 6.29. The Morgan fingerprint density at radius 3 is 2.00 bits per heavy atom. The van der Waals surface area contributed by atoms with Gasteiger partial charge in [-0.15, -0.1) is 0 Å². The van der Waals surface area contributed by atoms with Crippen LogP contribution in [0.2, 0.25) is 18.1 Å². The van der Waals surface area contributed by atoms with Crippen LogP contribution in [-0.4, -0.2) is 50.8 Å². The van der Waals surface area contributed by atoms with Gasteiger partial charge in [-0.25, -0.2) is 12.8 Å². The molecule has 198 valence electrons. The molecule has 2 aromatic rings. The second-order valence-corrected chi connectivity index (χ2v) is 17.8. The Balaban J connectivity index is 1.88. The first kappa shape index (κ1) is 28.5. The first-order chi connectivity index (χ1) is 16.7. The molecule has 1 N–H and O–H groups in total. The third kappa shape index (κ3) is 5.90. The first-order valence-corrected chi connectivity index (χ1v) is 16.8. The van der Waals surface area contributed by atoms with Gasteiger partial charge >= 0.3 is 5.97 Å². The molecule has 1 saturated carbocycles. The number of carboxylic acid groups (broad SMARTS) is 1. The molecule has 0 bridgehead atoms. The molecule has 0 atom stereocenters. The topological polar surface area (TPSA) is 83.9 Å². The third-order valence-electron chi connectivity index (χ3n) is 7.70. The standard InChI is InChI=1S/C27H38FNO5SSi/c1-26(2,3)36(4,5)34-20-8-19-29(27(25(30)31)17-6-7-18-27)35(32,33)24-15-11-22(12-16-24)21-9-13-23(28)14-10-21/h9-16H,6-8,17-20H2,1-5H3,(H,30,31). The van der Waals surface area contributed by atoms with Gasteiger partial charge in [0.2, 0.25) is 10.0 Å². The summed E-state index contributed by atoms with van der Waals surface area (Å²) in [6, 6.07) is 12.3. The lowest BCUT2D eigenvalue weighted by Gasteiger charge is -2.38. The van der Waals surface area contributed by atoms with E-state index >= 15 is 0 Å². The van der Waals surface area contributed by atoms with Crippen LogP contribution in [0.1, 0.15) is 52.9 Å². The van der Waals surface area contributed by atoms with E-state index in [9.17, 15) is 22.7 Å². The van der Waals surface area contributed by atoms with E-state index in [-0.39, 0.29) is 35.1 Å². The number of nitrogens with zero attached hydrogens (tertiary/aromatic N) is 1. The zero-order chi connectivity index (χ0) is 26.8. The van der Waals surface area contributed by atoms with Gasteiger partial charge in [0.15, 0.2) is 8.32 Å². The Morgan fingerprint density at radius 2 is 1.53 bits per heavy atom. The summed E-state index contributed by atoms with van der Waals surface area (Å²) in [4.78, 5) is 12.5. The molecule has 1 aliphatic rings. The van der Waals surface area contributed by atoms with Crippen molar-refractivity contribution < 1.29 is 27.1 Å². The number of carboxylic acids is 1. The summed E-state index contributed by atoms with van der Waals surface area (Å²) in [7, 11) is -6.10. The quantitative estimate of drug-likeness (QED) is 0.285. The minimum atomic E-state index is -4.09. The molecule has 3 rings (SSSR count). The fourth-order valence-corrected chi connectivity index (χ4v) is 7.35. The number of hydrogen-bond acceptors (Lipinski definition) is 4. The first-order valence-electron chi connectivity index (χ1n) is 12.5. The molecule has 0 aromatic heterocycles. The summed E-state index contributed by atoms with van der Waals surface area (Å²) in [5.74, 6) is -1.45. The Labute approximate surface area is 215 Å². The van der Waals surface area contributed by atoms with Gasteiger partial charge in [-0.3, -0.25) is 4.79 Å². The molecule has 0 amide bonds. The van der Waals surface area contributed by atoms with Crippen LogP contribution < -0.4 is 0 Å². The Hall–Kier alpha value is -2.07. The molecule has 6 nitrogen and oxygen atoms in total. The second kappa shape index (κ2) is 10.7. The van der Waals surface area contributed by atoms with Crippen molar-refractivity contribution >= 4 is 24.3 Å². The minimum absolute atomic E-state index is 0.0266. The molecular formula is C27H38FNO5SSi. The van der Waals surface area contributed by atoms with Gasteiger partial charge in [0.25, 0.3) is 0 Å². The monoisotopic (exact) mass is 535 g/mol. The van der Waals surface area contributed by atoms with Crippen molar-refractivity contribution in [2.45, 2.75) is 81.4 Å². The van der Waals surface area contributed by atoms with Crippen molar-refractivity contribution in [3.8, 4) is 11.1 Å². The van der Waals surface area contributed by atoms with E-state index in [1.165, 1.54) is 28.6 Å². The van der Waals surface area contributed by atoms with E-state index in [0.29, 0.717) is 25.9 Å². The van der Waals surface area contributed by atoms with Crippen LogP contribution in [0.4, 0.5) is 4.39 Å². The predicted molar refractivity (Wildman–Crippen MR) is 142 cm³/mol. The van der Waals surface area contributed by atoms with Crippen LogP contribution in [0.15, 0.2) is 53.4 Å². The van der Waals surface area contributed by atoms with Crippen molar-refractivity contribution in [1.82, 2.24) is 4.31 Å². The van der Waals surface area contributed by atoms with Gasteiger partial charge in [-0.05, 0) is 72.8 Å². The SMILES string of the molecule is CC(C)(C)[Si](C)(C)OCCCN(C1(C(=O)O)CCCC1)S(=O)(=O)c1ccc(-c2ccc(F)cc2)cc1. The molecule has 1 fully saturated rings. The van der Waals surface area contributed by atoms with Crippen LogP contribution in [0.25, 0.3) is 11.1 Å². The Morgan fingerprint density at radius 1 is 1.03 bits per heavy atom. The Bertz CT molecular complexity index is 1150. The number of aliphatic carboxylic acids is 1. The number of hydrogen-bond donors (Lipinski definition) is 1. The van der Waals surface area contributed by atoms with Crippen molar-refractivity contribution in [3.63, 3.8) is 0 Å². The van der Waals surface area contributed by atoms with Crippen LogP contribution in [0.3, 0.4) is 0 Å². The minimum Gasteiger partial charge on any atom is -0.480 e. The molecule has 0 spiro atoms. The fourth-order valence-electron chi connectivity index (χ4n) is 4.43. The summed E-state index contributed by atoms with van der Waals surface area (Å²) < 4.78 is 48.4. The summed E-state index contributed by atoms with van der Waals surface area (Å²) in [6.45, 7) is 11.2. The van der Waals surface area contributed by atoms with E-state index < -0.39 is 29.8 Å². The molecule has 0 unspecified atom stereocenters.